The van der Waals surface area contributed by atoms with Crippen LogP contribution in [0.1, 0.15) is 16.8 Å². The highest BCUT2D eigenvalue weighted by molar-refractivity contribution is 7.08. The summed E-state index contributed by atoms with van der Waals surface area (Å²) >= 11 is 1.75. The zero-order valence-electron chi connectivity index (χ0n) is 8.08. The van der Waals surface area contributed by atoms with Crippen LogP contribution in [0.5, 0.6) is 0 Å². The van der Waals surface area contributed by atoms with Gasteiger partial charge in [-0.3, -0.25) is 0 Å². The summed E-state index contributed by atoms with van der Waals surface area (Å²) in [5.41, 5.74) is 3.87. The van der Waals surface area contributed by atoms with E-state index in [9.17, 15) is 0 Å². The van der Waals surface area contributed by atoms with E-state index in [-0.39, 0.29) is 0 Å². The van der Waals surface area contributed by atoms with E-state index in [1.807, 2.05) is 6.20 Å². The van der Waals surface area contributed by atoms with Gasteiger partial charge in [-0.05, 0) is 28.8 Å². The van der Waals surface area contributed by atoms with E-state index in [4.69, 9.17) is 0 Å². The number of aromatic amines is 1. The molecule has 0 aliphatic rings. The summed E-state index contributed by atoms with van der Waals surface area (Å²) < 4.78 is 0. The molecule has 2 heterocycles. The number of aryl methyl sites for hydroxylation is 1. The second-order valence-electron chi connectivity index (χ2n) is 3.26. The standard InChI is InChI=1S/C10H13N3S/c1-8-5-14-6-9(8)2-11-3-10-4-12-7-13-10/h4-7,11H,2-3H2,1H3,(H,12,13). The fraction of sp³-hybridized carbons (Fsp3) is 0.300. The highest BCUT2D eigenvalue weighted by Gasteiger charge is 1.98. The number of aromatic nitrogens is 2. The van der Waals surface area contributed by atoms with Gasteiger partial charge in [0.25, 0.3) is 0 Å². The van der Waals surface area contributed by atoms with Crippen molar-refractivity contribution >= 4 is 11.3 Å². The van der Waals surface area contributed by atoms with Crippen LogP contribution in [0.3, 0.4) is 0 Å². The average Bonchev–Trinajstić information content (AvgIpc) is 2.78. The van der Waals surface area contributed by atoms with Crippen LogP contribution in [0.4, 0.5) is 0 Å². The Kier molecular flexibility index (Phi) is 2.96. The predicted molar refractivity (Wildman–Crippen MR) is 58.2 cm³/mol. The molecule has 0 aliphatic carbocycles. The highest BCUT2D eigenvalue weighted by Crippen LogP contribution is 2.12. The van der Waals surface area contributed by atoms with Gasteiger partial charge in [0.05, 0.1) is 6.33 Å². The summed E-state index contributed by atoms with van der Waals surface area (Å²) in [6.07, 6.45) is 3.54. The third-order valence-electron chi connectivity index (χ3n) is 2.15. The molecule has 2 N–H and O–H groups in total. The molecule has 2 aromatic heterocycles. The zero-order valence-corrected chi connectivity index (χ0v) is 8.90. The maximum Gasteiger partial charge on any atom is 0.0922 e. The van der Waals surface area contributed by atoms with E-state index in [1.54, 1.807) is 17.7 Å². The normalized spacial score (nSPS) is 10.6. The van der Waals surface area contributed by atoms with E-state index in [0.29, 0.717) is 0 Å². The topological polar surface area (TPSA) is 40.7 Å². The molecular weight excluding hydrogens is 194 g/mol. The van der Waals surface area contributed by atoms with Gasteiger partial charge >= 0.3 is 0 Å². The van der Waals surface area contributed by atoms with Crippen molar-refractivity contribution in [2.45, 2.75) is 20.0 Å². The Morgan fingerprint density at radius 3 is 3.00 bits per heavy atom. The third kappa shape index (κ3) is 2.21. The van der Waals surface area contributed by atoms with Crippen molar-refractivity contribution in [3.05, 3.63) is 40.1 Å². The van der Waals surface area contributed by atoms with Gasteiger partial charge in [0.1, 0.15) is 0 Å². The lowest BCUT2D eigenvalue weighted by Crippen LogP contribution is -2.12. The van der Waals surface area contributed by atoms with Crippen molar-refractivity contribution in [1.29, 1.82) is 0 Å². The molecule has 0 aromatic carbocycles. The molecule has 0 atom stereocenters. The van der Waals surface area contributed by atoms with Crippen LogP contribution < -0.4 is 5.32 Å². The Balaban J connectivity index is 1.81. The van der Waals surface area contributed by atoms with Crippen molar-refractivity contribution in [2.75, 3.05) is 0 Å². The smallest absolute Gasteiger partial charge is 0.0922 e. The Bertz CT molecular complexity index is 378. The van der Waals surface area contributed by atoms with E-state index >= 15 is 0 Å². The average molecular weight is 207 g/mol. The molecule has 0 bridgehead atoms. The van der Waals surface area contributed by atoms with Crippen molar-refractivity contribution in [3.8, 4) is 0 Å². The molecule has 3 nitrogen and oxygen atoms in total. The van der Waals surface area contributed by atoms with Crippen LogP contribution in [0.25, 0.3) is 0 Å². The van der Waals surface area contributed by atoms with Crippen LogP contribution in [0.2, 0.25) is 0 Å². The summed E-state index contributed by atoms with van der Waals surface area (Å²) in [7, 11) is 0. The summed E-state index contributed by atoms with van der Waals surface area (Å²) in [6, 6.07) is 0. The molecule has 2 rings (SSSR count). The van der Waals surface area contributed by atoms with E-state index in [0.717, 1.165) is 18.8 Å². The maximum absolute atomic E-state index is 3.96. The van der Waals surface area contributed by atoms with E-state index in [2.05, 4.69) is 33.0 Å². The molecule has 0 radical (unpaired) electrons. The molecule has 0 unspecified atom stereocenters. The second-order valence-corrected chi connectivity index (χ2v) is 4.00. The first-order valence-corrected chi connectivity index (χ1v) is 5.50. The minimum absolute atomic E-state index is 0.843. The van der Waals surface area contributed by atoms with Crippen LogP contribution in [0, 0.1) is 6.92 Å². The number of imidazole rings is 1. The monoisotopic (exact) mass is 207 g/mol. The highest BCUT2D eigenvalue weighted by atomic mass is 32.1. The Morgan fingerprint density at radius 1 is 1.43 bits per heavy atom. The number of H-pyrrole nitrogens is 1. The number of nitrogens with zero attached hydrogens (tertiary/aromatic N) is 1. The molecule has 0 spiro atoms. The quantitative estimate of drug-likeness (QED) is 0.805. The first-order valence-electron chi connectivity index (χ1n) is 4.56. The van der Waals surface area contributed by atoms with Gasteiger partial charge in [0.2, 0.25) is 0 Å². The van der Waals surface area contributed by atoms with Gasteiger partial charge in [-0.25, -0.2) is 4.98 Å². The molecule has 0 saturated heterocycles. The summed E-state index contributed by atoms with van der Waals surface area (Å²) in [6.45, 7) is 3.91. The number of rotatable bonds is 4. The second kappa shape index (κ2) is 4.39. The third-order valence-corrected chi connectivity index (χ3v) is 3.06. The fourth-order valence-electron chi connectivity index (χ4n) is 1.28. The molecular formula is C10H13N3S. The summed E-state index contributed by atoms with van der Waals surface area (Å²) in [5.74, 6) is 0. The zero-order chi connectivity index (χ0) is 9.80. The van der Waals surface area contributed by atoms with Crippen molar-refractivity contribution in [1.82, 2.24) is 15.3 Å². The lowest BCUT2D eigenvalue weighted by Gasteiger charge is -2.02. The van der Waals surface area contributed by atoms with Gasteiger partial charge in [-0.15, -0.1) is 0 Å². The largest absolute Gasteiger partial charge is 0.347 e. The number of hydrogen-bond acceptors (Lipinski definition) is 3. The molecule has 2 aromatic rings. The number of hydrogen-bond donors (Lipinski definition) is 2. The lowest BCUT2D eigenvalue weighted by atomic mass is 10.2. The Hall–Kier alpha value is -1.13. The van der Waals surface area contributed by atoms with Gasteiger partial charge in [0.15, 0.2) is 0 Å². The summed E-state index contributed by atoms with van der Waals surface area (Å²) in [4.78, 5) is 7.02. The van der Waals surface area contributed by atoms with E-state index in [1.165, 1.54) is 11.1 Å². The van der Waals surface area contributed by atoms with Gasteiger partial charge in [-0.1, -0.05) is 0 Å². The molecule has 0 fully saturated rings. The lowest BCUT2D eigenvalue weighted by molar-refractivity contribution is 0.681. The fourth-order valence-corrected chi connectivity index (χ4v) is 2.14. The minimum Gasteiger partial charge on any atom is -0.347 e. The summed E-state index contributed by atoms with van der Waals surface area (Å²) in [5, 5.41) is 7.73. The van der Waals surface area contributed by atoms with Gasteiger partial charge in [0, 0.05) is 25.0 Å². The van der Waals surface area contributed by atoms with E-state index < -0.39 is 0 Å². The molecule has 14 heavy (non-hydrogen) atoms. The van der Waals surface area contributed by atoms with Crippen LogP contribution in [0.15, 0.2) is 23.3 Å². The molecule has 0 amide bonds. The van der Waals surface area contributed by atoms with Crippen LogP contribution >= 0.6 is 11.3 Å². The maximum atomic E-state index is 3.96. The Labute approximate surface area is 87.2 Å². The van der Waals surface area contributed by atoms with Crippen LogP contribution in [-0.4, -0.2) is 9.97 Å². The molecule has 4 heteroatoms. The molecule has 0 aliphatic heterocycles. The number of nitrogens with one attached hydrogen (secondary N) is 2. The SMILES string of the molecule is Cc1cscc1CNCc1cnc[nH]1. The van der Waals surface area contributed by atoms with Crippen molar-refractivity contribution in [3.63, 3.8) is 0 Å². The van der Waals surface area contributed by atoms with Crippen molar-refractivity contribution in [2.24, 2.45) is 0 Å². The molecule has 74 valence electrons. The molecule has 0 saturated carbocycles. The number of thiophene rings is 1. The first-order chi connectivity index (χ1) is 6.86. The van der Waals surface area contributed by atoms with Gasteiger partial charge in [-0.2, -0.15) is 11.3 Å². The van der Waals surface area contributed by atoms with Crippen LogP contribution in [-0.2, 0) is 13.1 Å². The first kappa shape index (κ1) is 9.43. The predicted octanol–water partition coefficient (Wildman–Crippen LogP) is 2.07. The Morgan fingerprint density at radius 2 is 2.36 bits per heavy atom. The minimum atomic E-state index is 0.843. The van der Waals surface area contributed by atoms with Gasteiger partial charge < -0.3 is 10.3 Å². The van der Waals surface area contributed by atoms with Crippen molar-refractivity contribution < 1.29 is 0 Å².